The number of carbonyl (C=O) groups is 2. The van der Waals surface area contributed by atoms with E-state index in [4.69, 9.17) is 16.3 Å². The number of ether oxygens (including phenoxy) is 1. The Morgan fingerprint density at radius 3 is 2.74 bits per heavy atom. The highest BCUT2D eigenvalue weighted by Crippen LogP contribution is 2.15. The monoisotopic (exact) mass is 338 g/mol. The number of hydrogen-bond donors (Lipinski definition) is 1. The highest BCUT2D eigenvalue weighted by Gasteiger charge is 2.23. The minimum Gasteiger partial charge on any atom is -0.497 e. The molecule has 0 bridgehead atoms. The largest absolute Gasteiger partial charge is 0.497 e. The van der Waals surface area contributed by atoms with Crippen LogP contribution in [0.25, 0.3) is 0 Å². The number of rotatable bonds is 6. The molecule has 1 aliphatic heterocycles. The molecule has 1 aliphatic rings. The van der Waals surface area contributed by atoms with Crippen LogP contribution in [0.1, 0.15) is 36.0 Å². The predicted molar refractivity (Wildman–Crippen MR) is 90.0 cm³/mol. The van der Waals surface area contributed by atoms with Crippen LogP contribution < -0.4 is 10.1 Å². The maximum Gasteiger partial charge on any atom is 0.251 e. The van der Waals surface area contributed by atoms with Crippen LogP contribution in [0, 0.1) is 0 Å². The van der Waals surface area contributed by atoms with Gasteiger partial charge in [0.2, 0.25) is 5.91 Å². The van der Waals surface area contributed by atoms with Crippen molar-refractivity contribution < 1.29 is 14.3 Å². The summed E-state index contributed by atoms with van der Waals surface area (Å²) < 4.78 is 5.13. The second-order valence-electron chi connectivity index (χ2n) is 5.65. The third-order valence-corrected chi connectivity index (χ3v) is 4.31. The maximum atomic E-state index is 12.3. The smallest absolute Gasteiger partial charge is 0.251 e. The van der Waals surface area contributed by atoms with Crippen LogP contribution in [-0.2, 0) is 4.79 Å². The topological polar surface area (TPSA) is 58.6 Å². The Bertz CT molecular complexity index is 542. The number of likely N-dealkylation sites (tertiary alicyclic amines) is 1. The molecule has 5 nitrogen and oxygen atoms in total. The molecule has 1 aromatic carbocycles. The summed E-state index contributed by atoms with van der Waals surface area (Å²) in [6.07, 6.45) is 2.78. The van der Waals surface area contributed by atoms with Gasteiger partial charge in [-0.05, 0) is 37.5 Å². The highest BCUT2D eigenvalue weighted by molar-refractivity contribution is 6.17. The molecule has 1 N–H and O–H groups in total. The number of benzene rings is 1. The van der Waals surface area contributed by atoms with Gasteiger partial charge in [0.1, 0.15) is 5.75 Å². The van der Waals surface area contributed by atoms with Gasteiger partial charge in [-0.15, -0.1) is 11.6 Å². The van der Waals surface area contributed by atoms with Gasteiger partial charge < -0.3 is 15.0 Å². The molecule has 1 fully saturated rings. The number of piperidine rings is 1. The van der Waals surface area contributed by atoms with Crippen LogP contribution in [0.2, 0.25) is 0 Å². The van der Waals surface area contributed by atoms with Crippen molar-refractivity contribution in [3.63, 3.8) is 0 Å². The van der Waals surface area contributed by atoms with Crippen molar-refractivity contribution in [3.05, 3.63) is 29.8 Å². The minimum atomic E-state index is -0.101. The molecule has 0 aliphatic carbocycles. The summed E-state index contributed by atoms with van der Waals surface area (Å²) in [7, 11) is 1.58. The molecule has 1 heterocycles. The third-order valence-electron chi connectivity index (χ3n) is 4.04. The van der Waals surface area contributed by atoms with Gasteiger partial charge >= 0.3 is 0 Å². The van der Waals surface area contributed by atoms with Gasteiger partial charge in [-0.3, -0.25) is 9.59 Å². The molecule has 0 saturated carbocycles. The zero-order valence-electron chi connectivity index (χ0n) is 13.4. The summed E-state index contributed by atoms with van der Waals surface area (Å²) in [6.45, 7) is 1.37. The van der Waals surface area contributed by atoms with Gasteiger partial charge in [-0.1, -0.05) is 6.07 Å². The van der Waals surface area contributed by atoms with Crippen LogP contribution in [0.4, 0.5) is 0 Å². The van der Waals surface area contributed by atoms with E-state index < -0.39 is 0 Å². The minimum absolute atomic E-state index is 0.101. The van der Waals surface area contributed by atoms with E-state index in [1.165, 1.54) is 0 Å². The lowest BCUT2D eigenvalue weighted by molar-refractivity contribution is -0.132. The van der Waals surface area contributed by atoms with Crippen molar-refractivity contribution in [1.29, 1.82) is 0 Å². The van der Waals surface area contributed by atoms with Crippen LogP contribution in [-0.4, -0.2) is 48.8 Å². The first-order valence-electron chi connectivity index (χ1n) is 7.92. The van der Waals surface area contributed by atoms with Crippen LogP contribution >= 0.6 is 11.6 Å². The van der Waals surface area contributed by atoms with Crippen LogP contribution in [0.5, 0.6) is 5.75 Å². The van der Waals surface area contributed by atoms with E-state index in [9.17, 15) is 9.59 Å². The SMILES string of the molecule is COc1cccc(C(=O)NC2CCN(C(=O)CCCCl)CC2)c1. The quantitative estimate of drug-likeness (QED) is 0.810. The second-order valence-corrected chi connectivity index (χ2v) is 6.03. The molecule has 6 heteroatoms. The molecule has 2 rings (SSSR count). The van der Waals surface area contributed by atoms with E-state index >= 15 is 0 Å². The first-order valence-corrected chi connectivity index (χ1v) is 8.46. The molecule has 0 radical (unpaired) electrons. The third kappa shape index (κ3) is 5.13. The van der Waals surface area contributed by atoms with Crippen LogP contribution in [0.3, 0.4) is 0 Å². The number of nitrogens with zero attached hydrogens (tertiary/aromatic N) is 1. The maximum absolute atomic E-state index is 12.3. The number of hydrogen-bond acceptors (Lipinski definition) is 3. The van der Waals surface area contributed by atoms with Gasteiger partial charge in [-0.25, -0.2) is 0 Å². The molecule has 126 valence electrons. The van der Waals surface area contributed by atoms with E-state index in [1.807, 2.05) is 11.0 Å². The predicted octanol–water partition coefficient (Wildman–Crippen LogP) is 2.43. The number of methoxy groups -OCH3 is 1. The summed E-state index contributed by atoms with van der Waals surface area (Å²) in [4.78, 5) is 26.1. The fraction of sp³-hybridized carbons (Fsp3) is 0.529. The van der Waals surface area contributed by atoms with Gasteiger partial charge in [0, 0.05) is 37.0 Å². The lowest BCUT2D eigenvalue weighted by Crippen LogP contribution is -2.46. The van der Waals surface area contributed by atoms with E-state index in [-0.39, 0.29) is 17.9 Å². The summed E-state index contributed by atoms with van der Waals surface area (Å²) in [6, 6.07) is 7.20. The van der Waals surface area contributed by atoms with Crippen molar-refractivity contribution in [2.24, 2.45) is 0 Å². The molecule has 1 aromatic rings. The van der Waals surface area contributed by atoms with E-state index in [2.05, 4.69) is 5.32 Å². The van der Waals surface area contributed by atoms with E-state index in [1.54, 1.807) is 25.3 Å². The Balaban J connectivity index is 1.81. The Kier molecular flexibility index (Phi) is 6.71. The highest BCUT2D eigenvalue weighted by atomic mass is 35.5. The van der Waals surface area contributed by atoms with Crippen molar-refractivity contribution >= 4 is 23.4 Å². The lowest BCUT2D eigenvalue weighted by atomic mass is 10.0. The molecule has 2 amide bonds. The number of amides is 2. The second kappa shape index (κ2) is 8.77. The lowest BCUT2D eigenvalue weighted by Gasteiger charge is -2.32. The summed E-state index contributed by atoms with van der Waals surface area (Å²) in [5, 5.41) is 3.04. The number of halogens is 1. The fourth-order valence-corrected chi connectivity index (χ4v) is 2.82. The standard InChI is InChI=1S/C17H23ClN2O3/c1-23-15-5-2-4-13(12-15)17(22)19-14-7-10-20(11-8-14)16(21)6-3-9-18/h2,4-5,12,14H,3,6-11H2,1H3,(H,19,22). The van der Waals surface area contributed by atoms with Crippen molar-refractivity contribution in [2.45, 2.75) is 31.7 Å². The Hall–Kier alpha value is -1.75. The van der Waals surface area contributed by atoms with E-state index in [0.29, 0.717) is 43.1 Å². The molecule has 0 atom stereocenters. The van der Waals surface area contributed by atoms with Gasteiger partial charge in [0.25, 0.3) is 5.91 Å². The van der Waals surface area contributed by atoms with Crippen molar-refractivity contribution in [1.82, 2.24) is 10.2 Å². The molecular weight excluding hydrogens is 316 g/mol. The average molecular weight is 339 g/mol. The van der Waals surface area contributed by atoms with Crippen molar-refractivity contribution in [3.8, 4) is 5.75 Å². The fourth-order valence-electron chi connectivity index (χ4n) is 2.68. The normalized spacial score (nSPS) is 15.3. The number of nitrogens with one attached hydrogen (secondary N) is 1. The van der Waals surface area contributed by atoms with Crippen LogP contribution in [0.15, 0.2) is 24.3 Å². The average Bonchev–Trinajstić information content (AvgIpc) is 2.60. The first kappa shape index (κ1) is 17.6. The Labute approximate surface area is 141 Å². The Morgan fingerprint density at radius 2 is 2.09 bits per heavy atom. The van der Waals surface area contributed by atoms with Crippen molar-refractivity contribution in [2.75, 3.05) is 26.1 Å². The van der Waals surface area contributed by atoms with Gasteiger partial charge in [0.15, 0.2) is 0 Å². The number of alkyl halides is 1. The molecule has 0 unspecified atom stereocenters. The zero-order valence-corrected chi connectivity index (χ0v) is 14.1. The first-order chi connectivity index (χ1) is 11.1. The molecule has 1 saturated heterocycles. The number of carbonyl (C=O) groups excluding carboxylic acids is 2. The molecule has 23 heavy (non-hydrogen) atoms. The zero-order chi connectivity index (χ0) is 16.7. The molecule has 0 spiro atoms. The van der Waals surface area contributed by atoms with Gasteiger partial charge in [0.05, 0.1) is 7.11 Å². The van der Waals surface area contributed by atoms with Gasteiger partial charge in [-0.2, -0.15) is 0 Å². The summed E-state index contributed by atoms with van der Waals surface area (Å²) in [5.74, 6) is 1.23. The van der Waals surface area contributed by atoms with E-state index in [0.717, 1.165) is 12.8 Å². The summed E-state index contributed by atoms with van der Waals surface area (Å²) in [5.41, 5.74) is 0.588. The molecular formula is C17H23ClN2O3. The molecule has 0 aromatic heterocycles. The Morgan fingerprint density at radius 1 is 1.35 bits per heavy atom. The summed E-state index contributed by atoms with van der Waals surface area (Å²) >= 11 is 5.62.